The predicted molar refractivity (Wildman–Crippen MR) is 83.5 cm³/mol. The fourth-order valence-corrected chi connectivity index (χ4v) is 2.08. The van der Waals surface area contributed by atoms with Gasteiger partial charge in [-0.2, -0.15) is 0 Å². The van der Waals surface area contributed by atoms with Gasteiger partial charge in [0.25, 0.3) is 0 Å². The third kappa shape index (κ3) is 4.46. The molecule has 21 heavy (non-hydrogen) atoms. The Bertz CT molecular complexity index is 624. The molecule has 0 amide bonds. The molecule has 5 heteroatoms. The number of Topliss-reactive ketones (excluding diaryl/α,β-unsaturated/α-hetero) is 1. The van der Waals surface area contributed by atoms with Crippen molar-refractivity contribution in [2.24, 2.45) is 0 Å². The van der Waals surface area contributed by atoms with Crippen LogP contribution in [0.3, 0.4) is 0 Å². The summed E-state index contributed by atoms with van der Waals surface area (Å²) in [5, 5.41) is 9.59. The topological polar surface area (TPSA) is 46.5 Å². The van der Waals surface area contributed by atoms with E-state index in [1.165, 1.54) is 6.07 Å². The zero-order chi connectivity index (χ0) is 15.2. The molecule has 0 aliphatic carbocycles. The summed E-state index contributed by atoms with van der Waals surface area (Å²) in [4.78, 5) is 12.0. The first-order chi connectivity index (χ1) is 10.1. The molecule has 110 valence electrons. The van der Waals surface area contributed by atoms with Crippen molar-refractivity contribution in [2.75, 3.05) is 13.2 Å². The summed E-state index contributed by atoms with van der Waals surface area (Å²) in [5.74, 6) is 0.429. The predicted octanol–water partition coefficient (Wildman–Crippen LogP) is 3.79. The number of aliphatic hydroxyl groups excluding tert-OH is 1. The largest absolute Gasteiger partial charge is 0.485 e. The molecule has 0 heterocycles. The van der Waals surface area contributed by atoms with Gasteiger partial charge < -0.3 is 9.84 Å². The van der Waals surface area contributed by atoms with Gasteiger partial charge in [0.15, 0.2) is 12.4 Å². The molecule has 0 radical (unpaired) electrons. The van der Waals surface area contributed by atoms with Crippen LogP contribution in [-0.4, -0.2) is 24.1 Å². The van der Waals surface area contributed by atoms with E-state index in [-0.39, 0.29) is 19.0 Å². The summed E-state index contributed by atoms with van der Waals surface area (Å²) in [5.41, 5.74) is 1.47. The Morgan fingerprint density at radius 2 is 1.76 bits per heavy atom. The summed E-state index contributed by atoms with van der Waals surface area (Å²) in [6, 6.07) is 12.0. The van der Waals surface area contributed by atoms with Crippen LogP contribution in [0.5, 0.6) is 5.75 Å². The molecule has 0 atom stereocenters. The minimum Gasteiger partial charge on any atom is -0.485 e. The molecular weight excluding hydrogens is 311 g/mol. The van der Waals surface area contributed by atoms with E-state index >= 15 is 0 Å². The van der Waals surface area contributed by atoms with E-state index in [9.17, 15) is 4.79 Å². The Kier molecular flexibility index (Phi) is 5.62. The number of aliphatic hydroxyl groups is 1. The lowest BCUT2D eigenvalue weighted by Crippen LogP contribution is -2.11. The summed E-state index contributed by atoms with van der Waals surface area (Å²) in [6.45, 7) is 0.0350. The van der Waals surface area contributed by atoms with E-state index in [1.807, 2.05) is 12.1 Å². The van der Waals surface area contributed by atoms with Crippen LogP contribution in [-0.2, 0) is 6.42 Å². The lowest BCUT2D eigenvalue weighted by atomic mass is 10.1. The van der Waals surface area contributed by atoms with Gasteiger partial charge in [-0.05, 0) is 42.3 Å². The van der Waals surface area contributed by atoms with Gasteiger partial charge >= 0.3 is 0 Å². The van der Waals surface area contributed by atoms with Gasteiger partial charge in [0.2, 0.25) is 0 Å². The number of carbonyl (C=O) groups is 1. The first kappa shape index (κ1) is 15.8. The number of ketones is 1. The van der Waals surface area contributed by atoms with E-state index in [0.717, 1.165) is 5.56 Å². The third-order valence-electron chi connectivity index (χ3n) is 2.94. The smallest absolute Gasteiger partial charge is 0.200 e. The first-order valence-electron chi connectivity index (χ1n) is 6.41. The second-order valence-corrected chi connectivity index (χ2v) is 5.27. The van der Waals surface area contributed by atoms with Crippen LogP contribution in [0.1, 0.15) is 15.9 Å². The number of ether oxygens (including phenoxy) is 1. The summed E-state index contributed by atoms with van der Waals surface area (Å²) < 4.78 is 5.44. The standard InChI is InChI=1S/C16H14Cl2O3/c17-14-6-3-12(9-15(14)18)16(20)10-21-13-4-1-11(2-5-13)7-8-19/h1-6,9,19H,7-8,10H2. The Morgan fingerprint density at radius 3 is 2.38 bits per heavy atom. The second-order valence-electron chi connectivity index (χ2n) is 4.46. The van der Waals surface area contributed by atoms with E-state index in [0.29, 0.717) is 27.8 Å². The van der Waals surface area contributed by atoms with Crippen molar-refractivity contribution in [3.63, 3.8) is 0 Å². The fourth-order valence-electron chi connectivity index (χ4n) is 1.78. The molecule has 0 fully saturated rings. The summed E-state index contributed by atoms with van der Waals surface area (Å²) in [6.07, 6.45) is 0.600. The molecule has 0 unspecified atom stereocenters. The molecule has 0 saturated carbocycles. The minimum absolute atomic E-state index is 0.0721. The van der Waals surface area contributed by atoms with E-state index in [2.05, 4.69) is 0 Å². The Labute approximate surface area is 133 Å². The van der Waals surface area contributed by atoms with Gasteiger partial charge in [0.1, 0.15) is 5.75 Å². The van der Waals surface area contributed by atoms with Crippen molar-refractivity contribution < 1.29 is 14.6 Å². The number of hydrogen-bond acceptors (Lipinski definition) is 3. The van der Waals surface area contributed by atoms with Crippen LogP contribution in [0.4, 0.5) is 0 Å². The molecule has 3 nitrogen and oxygen atoms in total. The molecule has 0 spiro atoms. The molecular formula is C16H14Cl2O3. The van der Waals surface area contributed by atoms with Gasteiger partial charge in [-0.3, -0.25) is 4.79 Å². The van der Waals surface area contributed by atoms with Crippen molar-refractivity contribution in [1.82, 2.24) is 0 Å². The molecule has 0 aliphatic heterocycles. The zero-order valence-electron chi connectivity index (χ0n) is 11.2. The average molecular weight is 325 g/mol. The lowest BCUT2D eigenvalue weighted by Gasteiger charge is -2.07. The normalized spacial score (nSPS) is 10.4. The van der Waals surface area contributed by atoms with Gasteiger partial charge in [-0.25, -0.2) is 0 Å². The molecule has 0 saturated heterocycles. The number of carbonyl (C=O) groups excluding carboxylic acids is 1. The van der Waals surface area contributed by atoms with Crippen LogP contribution in [0.25, 0.3) is 0 Å². The monoisotopic (exact) mass is 324 g/mol. The highest BCUT2D eigenvalue weighted by molar-refractivity contribution is 6.42. The first-order valence-corrected chi connectivity index (χ1v) is 7.16. The maximum atomic E-state index is 12.0. The van der Waals surface area contributed by atoms with Crippen LogP contribution in [0, 0.1) is 0 Å². The highest BCUT2D eigenvalue weighted by atomic mass is 35.5. The van der Waals surface area contributed by atoms with Crippen LogP contribution in [0.2, 0.25) is 10.0 Å². The number of halogens is 2. The van der Waals surface area contributed by atoms with E-state index in [4.69, 9.17) is 33.0 Å². The fraction of sp³-hybridized carbons (Fsp3) is 0.188. The van der Waals surface area contributed by atoms with Gasteiger partial charge in [0, 0.05) is 12.2 Å². The van der Waals surface area contributed by atoms with Crippen molar-refractivity contribution in [3.05, 3.63) is 63.6 Å². The molecule has 2 rings (SSSR count). The number of hydrogen-bond donors (Lipinski definition) is 1. The van der Waals surface area contributed by atoms with Crippen molar-refractivity contribution in [3.8, 4) is 5.75 Å². The molecule has 2 aromatic rings. The zero-order valence-corrected chi connectivity index (χ0v) is 12.7. The SMILES string of the molecule is O=C(COc1ccc(CCO)cc1)c1ccc(Cl)c(Cl)c1. The molecule has 2 aromatic carbocycles. The lowest BCUT2D eigenvalue weighted by molar-refractivity contribution is 0.0921. The Hall–Kier alpha value is -1.55. The minimum atomic E-state index is -0.173. The van der Waals surface area contributed by atoms with Crippen molar-refractivity contribution in [1.29, 1.82) is 0 Å². The quantitative estimate of drug-likeness (QED) is 0.822. The Morgan fingerprint density at radius 1 is 1.05 bits per heavy atom. The van der Waals surface area contributed by atoms with E-state index < -0.39 is 0 Å². The molecule has 1 N–H and O–H groups in total. The third-order valence-corrected chi connectivity index (χ3v) is 3.67. The average Bonchev–Trinajstić information content (AvgIpc) is 2.49. The molecule has 0 bridgehead atoms. The highest BCUT2D eigenvalue weighted by Gasteiger charge is 2.09. The van der Waals surface area contributed by atoms with Gasteiger partial charge in [0.05, 0.1) is 10.0 Å². The van der Waals surface area contributed by atoms with E-state index in [1.54, 1.807) is 24.3 Å². The van der Waals surface area contributed by atoms with Gasteiger partial charge in [-0.15, -0.1) is 0 Å². The van der Waals surface area contributed by atoms with Crippen LogP contribution < -0.4 is 4.74 Å². The molecule has 0 aromatic heterocycles. The van der Waals surface area contributed by atoms with Crippen LogP contribution in [0.15, 0.2) is 42.5 Å². The number of rotatable bonds is 6. The summed E-state index contributed by atoms with van der Waals surface area (Å²) in [7, 11) is 0. The second kappa shape index (κ2) is 7.46. The van der Waals surface area contributed by atoms with Crippen molar-refractivity contribution >= 4 is 29.0 Å². The van der Waals surface area contributed by atoms with Gasteiger partial charge in [-0.1, -0.05) is 35.3 Å². The Balaban J connectivity index is 1.95. The van der Waals surface area contributed by atoms with Crippen LogP contribution >= 0.6 is 23.2 Å². The maximum Gasteiger partial charge on any atom is 0.200 e. The van der Waals surface area contributed by atoms with Crippen molar-refractivity contribution in [2.45, 2.75) is 6.42 Å². The summed E-state index contributed by atoms with van der Waals surface area (Å²) >= 11 is 11.7. The highest BCUT2D eigenvalue weighted by Crippen LogP contribution is 2.23. The molecule has 0 aliphatic rings. The number of benzene rings is 2. The maximum absolute atomic E-state index is 12.0.